The second-order valence-electron chi connectivity index (χ2n) is 6.50. The monoisotopic (exact) mass is 393 g/mol. The third-order valence-electron chi connectivity index (χ3n) is 4.58. The van der Waals surface area contributed by atoms with Gasteiger partial charge in [0.15, 0.2) is 5.65 Å². The molecule has 0 saturated heterocycles. The highest BCUT2D eigenvalue weighted by Gasteiger charge is 2.15. The fourth-order valence-electron chi connectivity index (χ4n) is 3.15. The number of aromatic nitrogens is 4. The van der Waals surface area contributed by atoms with Gasteiger partial charge in [0.05, 0.1) is 19.7 Å². The van der Waals surface area contributed by atoms with Crippen LogP contribution < -0.4 is 20.5 Å². The Hall–Kier alpha value is -3.88. The minimum Gasteiger partial charge on any atom is -0.497 e. The summed E-state index contributed by atoms with van der Waals surface area (Å²) in [5, 5.41) is 7.83. The molecular formula is C20H19N5O4. The van der Waals surface area contributed by atoms with Crippen molar-refractivity contribution in [2.24, 2.45) is 0 Å². The maximum Gasteiger partial charge on any atom is 0.352 e. The van der Waals surface area contributed by atoms with Gasteiger partial charge in [-0.15, -0.1) is 5.10 Å². The maximum absolute atomic E-state index is 12.6. The summed E-state index contributed by atoms with van der Waals surface area (Å²) in [6.07, 6.45) is 1.43. The van der Waals surface area contributed by atoms with Gasteiger partial charge in [-0.3, -0.25) is 4.79 Å². The molecule has 0 saturated carbocycles. The number of benzene rings is 2. The number of fused-ring (bicyclic) bond motifs is 3. The van der Waals surface area contributed by atoms with E-state index in [1.54, 1.807) is 18.2 Å². The van der Waals surface area contributed by atoms with E-state index in [4.69, 9.17) is 9.47 Å². The number of nitrogens with zero attached hydrogens (tertiary/aromatic N) is 4. The number of nitrogens with one attached hydrogen (secondary N) is 1. The summed E-state index contributed by atoms with van der Waals surface area (Å²) in [5.74, 6) is 0.675. The van der Waals surface area contributed by atoms with Gasteiger partial charge in [0, 0.05) is 29.3 Å². The zero-order chi connectivity index (χ0) is 20.5. The number of hydrogen-bond acceptors (Lipinski definition) is 6. The number of aryl methyl sites for hydroxylation is 1. The largest absolute Gasteiger partial charge is 0.497 e. The number of amides is 1. The van der Waals surface area contributed by atoms with E-state index >= 15 is 0 Å². The van der Waals surface area contributed by atoms with Crippen LogP contribution in [0.25, 0.3) is 16.6 Å². The van der Waals surface area contributed by atoms with Crippen LogP contribution >= 0.6 is 0 Å². The second kappa shape index (κ2) is 7.27. The highest BCUT2D eigenvalue weighted by atomic mass is 16.5. The van der Waals surface area contributed by atoms with Crippen molar-refractivity contribution in [1.29, 1.82) is 0 Å². The summed E-state index contributed by atoms with van der Waals surface area (Å²) in [4.78, 5) is 29.5. The molecule has 0 aliphatic rings. The molecule has 0 aliphatic heterocycles. The van der Waals surface area contributed by atoms with E-state index in [-0.39, 0.29) is 6.54 Å². The summed E-state index contributed by atoms with van der Waals surface area (Å²) in [5.41, 5.74) is 2.27. The van der Waals surface area contributed by atoms with Crippen molar-refractivity contribution in [2.45, 2.75) is 13.5 Å². The van der Waals surface area contributed by atoms with Gasteiger partial charge in [-0.2, -0.15) is 0 Å². The van der Waals surface area contributed by atoms with Crippen LogP contribution in [0.1, 0.15) is 5.56 Å². The summed E-state index contributed by atoms with van der Waals surface area (Å²) in [6, 6.07) is 10.7. The van der Waals surface area contributed by atoms with E-state index < -0.39 is 11.6 Å². The molecule has 0 spiro atoms. The molecule has 29 heavy (non-hydrogen) atoms. The van der Waals surface area contributed by atoms with E-state index in [0.717, 1.165) is 21.1 Å². The standard InChI is InChI=1S/C20H19N5O4/c1-12-5-4-6-16-18(12)21-11-24-19(16)23-25(20(24)27)10-17(26)22-13-7-14(28-2)9-15(8-13)29-3/h4-9,11H,10H2,1-3H3,(H,22,26). The molecule has 1 N–H and O–H groups in total. The molecule has 0 unspecified atom stereocenters. The normalized spacial score (nSPS) is 11.0. The van der Waals surface area contributed by atoms with Gasteiger partial charge in [0.25, 0.3) is 0 Å². The first-order valence-electron chi connectivity index (χ1n) is 8.86. The Morgan fingerprint density at radius 2 is 1.86 bits per heavy atom. The maximum atomic E-state index is 12.6. The zero-order valence-corrected chi connectivity index (χ0v) is 16.2. The summed E-state index contributed by atoms with van der Waals surface area (Å²) >= 11 is 0. The van der Waals surface area contributed by atoms with Gasteiger partial charge < -0.3 is 14.8 Å². The molecule has 9 nitrogen and oxygen atoms in total. The van der Waals surface area contributed by atoms with Gasteiger partial charge in [0.1, 0.15) is 24.4 Å². The lowest BCUT2D eigenvalue weighted by Crippen LogP contribution is -2.28. The molecule has 0 atom stereocenters. The first-order chi connectivity index (χ1) is 14.0. The molecule has 2 heterocycles. The lowest BCUT2D eigenvalue weighted by atomic mass is 10.1. The molecule has 2 aromatic heterocycles. The third kappa shape index (κ3) is 3.38. The summed E-state index contributed by atoms with van der Waals surface area (Å²) < 4.78 is 12.8. The highest BCUT2D eigenvalue weighted by molar-refractivity contribution is 5.93. The Balaban J connectivity index is 1.65. The summed E-state index contributed by atoms with van der Waals surface area (Å²) in [6.45, 7) is 1.70. The van der Waals surface area contributed by atoms with Crippen LogP contribution in [0.15, 0.2) is 47.5 Å². The van der Waals surface area contributed by atoms with Crippen LogP contribution in [0.4, 0.5) is 5.69 Å². The van der Waals surface area contributed by atoms with Crippen LogP contribution in [0.2, 0.25) is 0 Å². The lowest BCUT2D eigenvalue weighted by Gasteiger charge is -2.09. The minimum atomic E-state index is -0.436. The average Bonchev–Trinajstić information content (AvgIpc) is 3.03. The van der Waals surface area contributed by atoms with E-state index in [0.29, 0.717) is 22.8 Å². The van der Waals surface area contributed by atoms with E-state index in [9.17, 15) is 9.59 Å². The number of rotatable bonds is 5. The molecule has 0 radical (unpaired) electrons. The topological polar surface area (TPSA) is 99.7 Å². The molecular weight excluding hydrogens is 374 g/mol. The van der Waals surface area contributed by atoms with Gasteiger partial charge in [-0.25, -0.2) is 18.9 Å². The predicted molar refractivity (Wildman–Crippen MR) is 108 cm³/mol. The molecule has 0 bridgehead atoms. The second-order valence-corrected chi connectivity index (χ2v) is 6.50. The van der Waals surface area contributed by atoms with Crippen LogP contribution in [0.3, 0.4) is 0 Å². The Morgan fingerprint density at radius 1 is 1.14 bits per heavy atom. The minimum absolute atomic E-state index is 0.243. The van der Waals surface area contributed by atoms with Gasteiger partial charge in [-0.05, 0) is 18.6 Å². The number of anilines is 1. The number of carbonyl (C=O) groups excluding carboxylic acids is 1. The Kier molecular flexibility index (Phi) is 4.63. The van der Waals surface area contributed by atoms with Gasteiger partial charge in [-0.1, -0.05) is 12.1 Å². The van der Waals surface area contributed by atoms with Crippen molar-refractivity contribution in [3.05, 3.63) is 58.8 Å². The van der Waals surface area contributed by atoms with Crippen molar-refractivity contribution < 1.29 is 14.3 Å². The van der Waals surface area contributed by atoms with E-state index in [2.05, 4.69) is 15.4 Å². The van der Waals surface area contributed by atoms with Crippen molar-refractivity contribution in [3.63, 3.8) is 0 Å². The fourth-order valence-corrected chi connectivity index (χ4v) is 3.15. The van der Waals surface area contributed by atoms with E-state index in [1.807, 2.05) is 25.1 Å². The number of hydrogen-bond donors (Lipinski definition) is 1. The van der Waals surface area contributed by atoms with Crippen molar-refractivity contribution >= 4 is 28.1 Å². The molecule has 4 aromatic rings. The van der Waals surface area contributed by atoms with Crippen molar-refractivity contribution in [1.82, 2.24) is 19.2 Å². The first-order valence-corrected chi connectivity index (χ1v) is 8.86. The van der Waals surface area contributed by atoms with Crippen LogP contribution in [0, 0.1) is 6.92 Å². The quantitative estimate of drug-likeness (QED) is 0.557. The highest BCUT2D eigenvalue weighted by Crippen LogP contribution is 2.25. The molecule has 9 heteroatoms. The molecule has 2 aromatic carbocycles. The van der Waals surface area contributed by atoms with Crippen LogP contribution in [-0.2, 0) is 11.3 Å². The molecule has 0 aliphatic carbocycles. The van der Waals surface area contributed by atoms with Crippen LogP contribution in [0.5, 0.6) is 11.5 Å². The Bertz CT molecular complexity index is 1270. The average molecular weight is 393 g/mol. The van der Waals surface area contributed by atoms with Gasteiger partial charge >= 0.3 is 5.69 Å². The number of ether oxygens (including phenoxy) is 2. The van der Waals surface area contributed by atoms with E-state index in [1.165, 1.54) is 24.9 Å². The van der Waals surface area contributed by atoms with Crippen LogP contribution in [-0.4, -0.2) is 39.3 Å². The number of methoxy groups -OCH3 is 2. The molecule has 4 rings (SSSR count). The Labute approximate surface area is 165 Å². The molecule has 0 fully saturated rings. The first kappa shape index (κ1) is 18.5. The lowest BCUT2D eigenvalue weighted by molar-refractivity contribution is -0.117. The molecule has 148 valence electrons. The SMILES string of the molecule is COc1cc(NC(=O)Cn2nc3c4cccc(C)c4ncn3c2=O)cc(OC)c1. The summed E-state index contributed by atoms with van der Waals surface area (Å²) in [7, 11) is 3.05. The smallest absolute Gasteiger partial charge is 0.352 e. The third-order valence-corrected chi connectivity index (χ3v) is 4.58. The number of para-hydroxylation sites is 1. The van der Waals surface area contributed by atoms with Gasteiger partial charge in [0.2, 0.25) is 5.91 Å². The predicted octanol–water partition coefficient (Wildman–Crippen LogP) is 2.01. The molecule has 1 amide bonds. The van der Waals surface area contributed by atoms with Crippen molar-refractivity contribution in [3.8, 4) is 11.5 Å². The zero-order valence-electron chi connectivity index (χ0n) is 16.2. The fraction of sp³-hybridized carbons (Fsp3) is 0.200. The number of carbonyl (C=O) groups is 1. The Morgan fingerprint density at radius 3 is 2.55 bits per heavy atom. The van der Waals surface area contributed by atoms with Crippen molar-refractivity contribution in [2.75, 3.05) is 19.5 Å².